The minimum absolute atomic E-state index is 0.0560. The minimum Gasteiger partial charge on any atom is -0.411 e. The number of aromatic nitrogens is 4. The zero-order chi connectivity index (χ0) is 22.9. The van der Waals surface area contributed by atoms with Gasteiger partial charge in [0.15, 0.2) is 9.84 Å². The molecule has 1 aliphatic heterocycles. The van der Waals surface area contributed by atoms with E-state index in [0.29, 0.717) is 30.0 Å². The van der Waals surface area contributed by atoms with Crippen molar-refractivity contribution in [2.75, 3.05) is 13.1 Å². The SMILES string of the molecule is CC(C)S(=O)(=O)c1ccc(-c2cncc(-c3nnc(C(=O)N4CCCC(N)C4)o3)n2)cc1. The molecule has 1 unspecified atom stereocenters. The molecule has 0 radical (unpaired) electrons. The molecule has 1 amide bonds. The second-order valence-corrected chi connectivity index (χ2v) is 10.5. The quantitative estimate of drug-likeness (QED) is 0.608. The third kappa shape index (κ3) is 4.39. The number of benzene rings is 1. The highest BCUT2D eigenvalue weighted by atomic mass is 32.2. The summed E-state index contributed by atoms with van der Waals surface area (Å²) in [5.74, 6) is -0.405. The molecule has 4 rings (SSSR count). The van der Waals surface area contributed by atoms with Gasteiger partial charge < -0.3 is 15.1 Å². The van der Waals surface area contributed by atoms with Crippen LogP contribution in [0.4, 0.5) is 0 Å². The number of nitrogens with two attached hydrogens (primary N) is 1. The van der Waals surface area contributed by atoms with E-state index in [1.54, 1.807) is 49.2 Å². The van der Waals surface area contributed by atoms with Crippen LogP contribution < -0.4 is 5.73 Å². The summed E-state index contributed by atoms with van der Waals surface area (Å²) in [7, 11) is -3.36. The van der Waals surface area contributed by atoms with Gasteiger partial charge >= 0.3 is 11.8 Å². The lowest BCUT2D eigenvalue weighted by Gasteiger charge is -2.29. The third-order valence-electron chi connectivity index (χ3n) is 5.31. The Morgan fingerprint density at radius 2 is 1.88 bits per heavy atom. The molecular weight excluding hydrogens is 432 g/mol. The highest BCUT2D eigenvalue weighted by Crippen LogP contribution is 2.24. The monoisotopic (exact) mass is 456 g/mol. The van der Waals surface area contributed by atoms with E-state index in [-0.39, 0.29) is 28.6 Å². The van der Waals surface area contributed by atoms with Crippen molar-refractivity contribution in [1.82, 2.24) is 25.1 Å². The zero-order valence-electron chi connectivity index (χ0n) is 17.8. The van der Waals surface area contributed by atoms with Crippen LogP contribution in [-0.4, -0.2) is 63.8 Å². The predicted molar refractivity (Wildman–Crippen MR) is 116 cm³/mol. The van der Waals surface area contributed by atoms with Gasteiger partial charge in [0.05, 0.1) is 28.2 Å². The van der Waals surface area contributed by atoms with Gasteiger partial charge in [-0.05, 0) is 38.8 Å². The number of likely N-dealkylation sites (tertiary alicyclic amines) is 1. The van der Waals surface area contributed by atoms with Crippen LogP contribution in [0.3, 0.4) is 0 Å². The maximum Gasteiger partial charge on any atom is 0.311 e. The van der Waals surface area contributed by atoms with Gasteiger partial charge in [0.2, 0.25) is 0 Å². The minimum atomic E-state index is -3.36. The highest BCUT2D eigenvalue weighted by molar-refractivity contribution is 7.92. The number of amides is 1. The first-order valence-electron chi connectivity index (χ1n) is 10.3. The van der Waals surface area contributed by atoms with Crippen molar-refractivity contribution in [2.45, 2.75) is 42.9 Å². The smallest absolute Gasteiger partial charge is 0.311 e. The fourth-order valence-electron chi connectivity index (χ4n) is 3.44. The van der Waals surface area contributed by atoms with Gasteiger partial charge in [0.25, 0.3) is 5.89 Å². The molecule has 168 valence electrons. The maximum atomic E-state index is 12.6. The maximum absolute atomic E-state index is 12.6. The van der Waals surface area contributed by atoms with Crippen molar-refractivity contribution in [3.8, 4) is 22.8 Å². The lowest BCUT2D eigenvalue weighted by molar-refractivity contribution is 0.0669. The van der Waals surface area contributed by atoms with Crippen molar-refractivity contribution < 1.29 is 17.6 Å². The number of nitrogens with zero attached hydrogens (tertiary/aromatic N) is 5. The average Bonchev–Trinajstić information content (AvgIpc) is 3.29. The third-order valence-corrected chi connectivity index (χ3v) is 7.48. The Kier molecular flexibility index (Phi) is 6.02. The molecule has 1 aliphatic rings. The molecule has 32 heavy (non-hydrogen) atoms. The topological polar surface area (TPSA) is 145 Å². The largest absolute Gasteiger partial charge is 0.411 e. The summed E-state index contributed by atoms with van der Waals surface area (Å²) >= 11 is 0. The Morgan fingerprint density at radius 1 is 1.16 bits per heavy atom. The van der Waals surface area contributed by atoms with E-state index in [2.05, 4.69) is 20.2 Å². The number of sulfone groups is 1. The van der Waals surface area contributed by atoms with Crippen LogP contribution in [0.25, 0.3) is 22.8 Å². The van der Waals surface area contributed by atoms with Crippen LogP contribution >= 0.6 is 0 Å². The molecule has 3 aromatic rings. The summed E-state index contributed by atoms with van der Waals surface area (Å²) < 4.78 is 30.2. The van der Waals surface area contributed by atoms with Gasteiger partial charge in [-0.15, -0.1) is 10.2 Å². The number of hydrogen-bond donors (Lipinski definition) is 1. The number of carbonyl (C=O) groups is 1. The molecule has 1 saturated heterocycles. The number of hydrogen-bond acceptors (Lipinski definition) is 9. The second-order valence-electron chi connectivity index (χ2n) is 7.97. The van der Waals surface area contributed by atoms with E-state index < -0.39 is 15.1 Å². The van der Waals surface area contributed by atoms with Crippen LogP contribution in [0.1, 0.15) is 37.4 Å². The van der Waals surface area contributed by atoms with Crippen molar-refractivity contribution >= 4 is 15.7 Å². The Balaban J connectivity index is 1.56. The lowest BCUT2D eigenvalue weighted by atomic mass is 10.1. The molecule has 1 atom stereocenters. The molecular formula is C21H24N6O4S. The van der Waals surface area contributed by atoms with Crippen LogP contribution in [0.2, 0.25) is 0 Å². The second kappa shape index (κ2) is 8.75. The lowest BCUT2D eigenvalue weighted by Crippen LogP contribution is -2.45. The van der Waals surface area contributed by atoms with E-state index in [4.69, 9.17) is 10.2 Å². The van der Waals surface area contributed by atoms with Crippen molar-refractivity contribution in [2.24, 2.45) is 5.73 Å². The van der Waals surface area contributed by atoms with Crippen LogP contribution in [0.5, 0.6) is 0 Å². The van der Waals surface area contributed by atoms with E-state index in [1.807, 2.05) is 0 Å². The van der Waals surface area contributed by atoms with Gasteiger partial charge in [0, 0.05) is 24.7 Å². The normalized spacial score (nSPS) is 17.0. The van der Waals surface area contributed by atoms with E-state index >= 15 is 0 Å². The average molecular weight is 457 g/mol. The molecule has 0 spiro atoms. The fourth-order valence-corrected chi connectivity index (χ4v) is 4.50. The van der Waals surface area contributed by atoms with Crippen LogP contribution in [-0.2, 0) is 9.84 Å². The van der Waals surface area contributed by atoms with Gasteiger partial charge in [0.1, 0.15) is 5.69 Å². The fraction of sp³-hybridized carbons (Fsp3) is 0.381. The molecule has 0 saturated carbocycles. The Hall–Kier alpha value is -3.18. The molecule has 2 aromatic heterocycles. The summed E-state index contributed by atoms with van der Waals surface area (Å²) in [6.07, 6.45) is 4.72. The molecule has 1 fully saturated rings. The first-order valence-corrected chi connectivity index (χ1v) is 11.9. The van der Waals surface area contributed by atoms with E-state index in [1.165, 1.54) is 6.20 Å². The van der Waals surface area contributed by atoms with Crippen LogP contribution in [0.15, 0.2) is 46.0 Å². The summed E-state index contributed by atoms with van der Waals surface area (Å²) in [5.41, 5.74) is 7.44. The number of piperidine rings is 1. The summed E-state index contributed by atoms with van der Waals surface area (Å²) in [4.78, 5) is 23.1. The Bertz CT molecular complexity index is 1220. The molecule has 1 aromatic carbocycles. The highest BCUT2D eigenvalue weighted by Gasteiger charge is 2.27. The number of carbonyl (C=O) groups excluding carboxylic acids is 1. The van der Waals surface area contributed by atoms with E-state index in [9.17, 15) is 13.2 Å². The molecule has 10 nitrogen and oxygen atoms in total. The molecule has 0 bridgehead atoms. The molecule has 11 heteroatoms. The van der Waals surface area contributed by atoms with Gasteiger partial charge in [-0.3, -0.25) is 9.78 Å². The predicted octanol–water partition coefficient (Wildman–Crippen LogP) is 1.94. The van der Waals surface area contributed by atoms with Crippen molar-refractivity contribution in [3.05, 3.63) is 42.5 Å². The van der Waals surface area contributed by atoms with Crippen molar-refractivity contribution in [3.63, 3.8) is 0 Å². The summed E-state index contributed by atoms with van der Waals surface area (Å²) in [6, 6.07) is 6.38. The first kappa shape index (κ1) is 22.0. The van der Waals surface area contributed by atoms with Gasteiger partial charge in [-0.25, -0.2) is 13.4 Å². The summed E-state index contributed by atoms with van der Waals surface area (Å²) in [6.45, 7) is 4.33. The zero-order valence-corrected chi connectivity index (χ0v) is 18.6. The van der Waals surface area contributed by atoms with Gasteiger partial charge in [-0.2, -0.15) is 0 Å². The molecule has 3 heterocycles. The number of rotatable bonds is 5. The van der Waals surface area contributed by atoms with Crippen LogP contribution in [0, 0.1) is 0 Å². The Labute approximate surface area is 185 Å². The van der Waals surface area contributed by atoms with Gasteiger partial charge in [-0.1, -0.05) is 12.1 Å². The van der Waals surface area contributed by atoms with E-state index in [0.717, 1.165) is 12.8 Å². The Morgan fingerprint density at radius 3 is 2.56 bits per heavy atom. The standard InChI is InChI=1S/C21H24N6O4S/c1-13(2)32(29,30)16-7-5-14(6-8-16)17-10-23-11-18(24-17)19-25-26-20(31-19)21(28)27-9-3-4-15(22)12-27/h5-8,10-11,13,15H,3-4,9,12,22H2,1-2H3. The molecule has 0 aliphatic carbocycles. The molecule has 2 N–H and O–H groups in total. The summed E-state index contributed by atoms with van der Waals surface area (Å²) in [5, 5.41) is 7.30. The first-order chi connectivity index (χ1) is 15.3. The van der Waals surface area contributed by atoms with Crippen molar-refractivity contribution in [1.29, 1.82) is 0 Å².